The van der Waals surface area contributed by atoms with Gasteiger partial charge in [-0.3, -0.25) is 4.79 Å². The van der Waals surface area contributed by atoms with Gasteiger partial charge in [-0.25, -0.2) is 0 Å². The van der Waals surface area contributed by atoms with Crippen LogP contribution in [0.4, 0.5) is 0 Å². The van der Waals surface area contributed by atoms with Crippen molar-refractivity contribution in [3.63, 3.8) is 0 Å². The zero-order chi connectivity index (χ0) is 13.0. The van der Waals surface area contributed by atoms with Gasteiger partial charge in [0.2, 0.25) is 0 Å². The Bertz CT molecular complexity index is 417. The standard InChI is InChI=1S/C14H19NO3/c1-11(16)5-4-8-15-9-10-18-13-7-3-2-6-12(13)14(15)17/h2-3,6-7,11,16H,4-5,8-10H2,1H3. The van der Waals surface area contributed by atoms with Crippen LogP contribution in [0.15, 0.2) is 24.3 Å². The van der Waals surface area contributed by atoms with Crippen molar-refractivity contribution < 1.29 is 14.6 Å². The smallest absolute Gasteiger partial charge is 0.257 e. The molecule has 1 aromatic rings. The molecule has 98 valence electrons. The second kappa shape index (κ2) is 5.87. The Morgan fingerprint density at radius 2 is 2.22 bits per heavy atom. The van der Waals surface area contributed by atoms with E-state index in [-0.39, 0.29) is 12.0 Å². The highest BCUT2D eigenvalue weighted by molar-refractivity contribution is 5.97. The summed E-state index contributed by atoms with van der Waals surface area (Å²) in [6, 6.07) is 7.34. The summed E-state index contributed by atoms with van der Waals surface area (Å²) < 4.78 is 5.56. The van der Waals surface area contributed by atoms with Crippen molar-refractivity contribution in [2.45, 2.75) is 25.9 Å². The van der Waals surface area contributed by atoms with Crippen LogP contribution in [0.25, 0.3) is 0 Å². The SMILES string of the molecule is CC(O)CCCN1CCOc2ccccc2C1=O. The number of ether oxygens (including phenoxy) is 1. The minimum atomic E-state index is -0.310. The van der Waals surface area contributed by atoms with Gasteiger partial charge in [0.15, 0.2) is 0 Å². The highest BCUT2D eigenvalue weighted by Gasteiger charge is 2.22. The number of hydrogen-bond donors (Lipinski definition) is 1. The van der Waals surface area contributed by atoms with Gasteiger partial charge in [-0.15, -0.1) is 0 Å². The van der Waals surface area contributed by atoms with Crippen molar-refractivity contribution in [3.8, 4) is 5.75 Å². The molecule has 0 fully saturated rings. The monoisotopic (exact) mass is 249 g/mol. The van der Waals surface area contributed by atoms with E-state index in [4.69, 9.17) is 4.74 Å². The van der Waals surface area contributed by atoms with Gasteiger partial charge in [0.05, 0.1) is 18.2 Å². The van der Waals surface area contributed by atoms with Crippen LogP contribution < -0.4 is 4.74 Å². The molecule has 2 rings (SSSR count). The van der Waals surface area contributed by atoms with Gasteiger partial charge < -0.3 is 14.7 Å². The average molecular weight is 249 g/mol. The molecule has 4 heteroatoms. The van der Waals surface area contributed by atoms with Crippen LogP contribution in [0.1, 0.15) is 30.1 Å². The lowest BCUT2D eigenvalue weighted by Gasteiger charge is -2.20. The molecule has 1 heterocycles. The number of aliphatic hydroxyl groups is 1. The second-order valence-electron chi connectivity index (χ2n) is 4.63. The molecule has 0 spiro atoms. The van der Waals surface area contributed by atoms with E-state index < -0.39 is 0 Å². The molecule has 1 aliphatic rings. The van der Waals surface area contributed by atoms with Crippen LogP contribution >= 0.6 is 0 Å². The first-order chi connectivity index (χ1) is 8.68. The number of para-hydroxylation sites is 1. The van der Waals surface area contributed by atoms with Crippen LogP contribution in [0, 0.1) is 0 Å². The number of aliphatic hydroxyl groups excluding tert-OH is 1. The highest BCUT2D eigenvalue weighted by Crippen LogP contribution is 2.22. The lowest BCUT2D eigenvalue weighted by atomic mass is 10.1. The van der Waals surface area contributed by atoms with E-state index in [0.29, 0.717) is 37.4 Å². The van der Waals surface area contributed by atoms with Crippen LogP contribution in [0.2, 0.25) is 0 Å². The van der Waals surface area contributed by atoms with Crippen LogP contribution in [0.5, 0.6) is 5.75 Å². The Labute approximate surface area is 107 Å². The summed E-state index contributed by atoms with van der Waals surface area (Å²) in [4.78, 5) is 14.1. The maximum atomic E-state index is 12.3. The quantitative estimate of drug-likeness (QED) is 0.883. The van der Waals surface area contributed by atoms with Gasteiger partial charge in [-0.05, 0) is 31.9 Å². The normalized spacial score (nSPS) is 16.8. The molecule has 1 atom stereocenters. The van der Waals surface area contributed by atoms with Crippen molar-refractivity contribution in [2.24, 2.45) is 0 Å². The van der Waals surface area contributed by atoms with E-state index in [1.165, 1.54) is 0 Å². The lowest BCUT2D eigenvalue weighted by Crippen LogP contribution is -2.33. The van der Waals surface area contributed by atoms with Crippen molar-refractivity contribution in [1.29, 1.82) is 0 Å². The third kappa shape index (κ3) is 3.01. The molecule has 0 radical (unpaired) electrons. The minimum Gasteiger partial charge on any atom is -0.491 e. The molecule has 0 saturated carbocycles. The van der Waals surface area contributed by atoms with E-state index in [2.05, 4.69) is 0 Å². The average Bonchev–Trinajstić information content (AvgIpc) is 2.50. The number of amides is 1. The number of carbonyl (C=O) groups is 1. The number of nitrogens with zero attached hydrogens (tertiary/aromatic N) is 1. The molecule has 18 heavy (non-hydrogen) atoms. The zero-order valence-electron chi connectivity index (χ0n) is 10.6. The van der Waals surface area contributed by atoms with E-state index >= 15 is 0 Å². The van der Waals surface area contributed by atoms with E-state index in [9.17, 15) is 9.90 Å². The number of rotatable bonds is 4. The minimum absolute atomic E-state index is 0.0219. The topological polar surface area (TPSA) is 49.8 Å². The van der Waals surface area contributed by atoms with Gasteiger partial charge >= 0.3 is 0 Å². The number of carbonyl (C=O) groups excluding carboxylic acids is 1. The molecule has 4 nitrogen and oxygen atoms in total. The summed E-state index contributed by atoms with van der Waals surface area (Å²) in [5, 5.41) is 9.23. The predicted octanol–water partition coefficient (Wildman–Crippen LogP) is 1.68. The first-order valence-corrected chi connectivity index (χ1v) is 6.37. The summed E-state index contributed by atoms with van der Waals surface area (Å²) in [6.45, 7) is 3.56. The van der Waals surface area contributed by atoms with Gasteiger partial charge in [0.25, 0.3) is 5.91 Å². The van der Waals surface area contributed by atoms with E-state index in [1.807, 2.05) is 18.2 Å². The molecule has 0 aliphatic carbocycles. The fourth-order valence-electron chi connectivity index (χ4n) is 2.10. The summed E-state index contributed by atoms with van der Waals surface area (Å²) in [7, 11) is 0. The molecule has 0 bridgehead atoms. The van der Waals surface area contributed by atoms with E-state index in [1.54, 1.807) is 17.9 Å². The van der Waals surface area contributed by atoms with Gasteiger partial charge in [-0.1, -0.05) is 12.1 Å². The van der Waals surface area contributed by atoms with Crippen molar-refractivity contribution >= 4 is 5.91 Å². The highest BCUT2D eigenvalue weighted by atomic mass is 16.5. The Kier molecular flexibility index (Phi) is 4.20. The summed E-state index contributed by atoms with van der Waals surface area (Å²) in [5.74, 6) is 0.689. The maximum Gasteiger partial charge on any atom is 0.257 e. The largest absolute Gasteiger partial charge is 0.491 e. The predicted molar refractivity (Wildman–Crippen MR) is 68.8 cm³/mol. The maximum absolute atomic E-state index is 12.3. The number of hydrogen-bond acceptors (Lipinski definition) is 3. The first kappa shape index (κ1) is 12.9. The van der Waals surface area contributed by atoms with Crippen LogP contribution in [-0.4, -0.2) is 41.7 Å². The lowest BCUT2D eigenvalue weighted by molar-refractivity contribution is 0.0742. The van der Waals surface area contributed by atoms with Crippen molar-refractivity contribution in [1.82, 2.24) is 4.90 Å². The molecular formula is C14H19NO3. The Morgan fingerprint density at radius 1 is 1.44 bits per heavy atom. The molecule has 1 N–H and O–H groups in total. The van der Waals surface area contributed by atoms with Crippen molar-refractivity contribution in [2.75, 3.05) is 19.7 Å². The molecule has 1 amide bonds. The van der Waals surface area contributed by atoms with Crippen LogP contribution in [0.3, 0.4) is 0 Å². The Morgan fingerprint density at radius 3 is 3.00 bits per heavy atom. The van der Waals surface area contributed by atoms with E-state index in [0.717, 1.165) is 6.42 Å². The summed E-state index contributed by atoms with van der Waals surface area (Å²) in [5.41, 5.74) is 0.632. The summed E-state index contributed by atoms with van der Waals surface area (Å²) in [6.07, 6.45) is 1.22. The van der Waals surface area contributed by atoms with Crippen LogP contribution in [-0.2, 0) is 0 Å². The first-order valence-electron chi connectivity index (χ1n) is 6.37. The van der Waals surface area contributed by atoms with Gasteiger partial charge in [0, 0.05) is 6.54 Å². The van der Waals surface area contributed by atoms with Gasteiger partial charge in [-0.2, -0.15) is 0 Å². The third-order valence-corrected chi connectivity index (χ3v) is 3.07. The fraction of sp³-hybridized carbons (Fsp3) is 0.500. The Balaban J connectivity index is 2.03. The van der Waals surface area contributed by atoms with Gasteiger partial charge in [0.1, 0.15) is 12.4 Å². The molecule has 0 saturated heterocycles. The van der Waals surface area contributed by atoms with Crippen molar-refractivity contribution in [3.05, 3.63) is 29.8 Å². The summed E-state index contributed by atoms with van der Waals surface area (Å²) >= 11 is 0. The number of benzene rings is 1. The molecule has 1 unspecified atom stereocenters. The Hall–Kier alpha value is -1.55. The fourth-order valence-corrected chi connectivity index (χ4v) is 2.10. The third-order valence-electron chi connectivity index (χ3n) is 3.07. The molecule has 1 aliphatic heterocycles. The number of fused-ring (bicyclic) bond motifs is 1. The zero-order valence-corrected chi connectivity index (χ0v) is 10.6. The molecule has 1 aromatic carbocycles. The molecule has 0 aromatic heterocycles. The second-order valence-corrected chi connectivity index (χ2v) is 4.63. The molecular weight excluding hydrogens is 230 g/mol.